The van der Waals surface area contributed by atoms with Crippen LogP contribution in [0, 0.1) is 0 Å². The van der Waals surface area contributed by atoms with Gasteiger partial charge < -0.3 is 0 Å². The second-order valence-corrected chi connectivity index (χ2v) is 8.95. The van der Waals surface area contributed by atoms with Crippen molar-refractivity contribution >= 4 is 11.8 Å². The van der Waals surface area contributed by atoms with Crippen LogP contribution in [0.5, 0.6) is 0 Å². The van der Waals surface area contributed by atoms with E-state index in [2.05, 4.69) is 13.8 Å². The molecular formula is C27H43NO2. The lowest BCUT2D eigenvalue weighted by molar-refractivity contribution is 0.0651. The summed E-state index contributed by atoms with van der Waals surface area (Å²) in [6.45, 7) is 5.04. The van der Waals surface area contributed by atoms with Gasteiger partial charge >= 0.3 is 0 Å². The molecule has 1 heterocycles. The van der Waals surface area contributed by atoms with E-state index < -0.39 is 0 Å². The van der Waals surface area contributed by atoms with Gasteiger partial charge in [0.15, 0.2) is 0 Å². The summed E-state index contributed by atoms with van der Waals surface area (Å²) in [5.41, 5.74) is 2.38. The summed E-state index contributed by atoms with van der Waals surface area (Å²) in [6, 6.07) is 5.82. The summed E-state index contributed by atoms with van der Waals surface area (Å²) in [6.07, 6.45) is 19.5. The van der Waals surface area contributed by atoms with Gasteiger partial charge in [-0.3, -0.25) is 14.5 Å². The van der Waals surface area contributed by atoms with Crippen LogP contribution in [0.25, 0.3) is 0 Å². The number of amides is 2. The molecule has 2 rings (SSSR count). The molecule has 0 spiro atoms. The van der Waals surface area contributed by atoms with Crippen LogP contribution in [0.15, 0.2) is 18.2 Å². The predicted molar refractivity (Wildman–Crippen MR) is 126 cm³/mol. The average Bonchev–Trinajstić information content (AvgIpc) is 3.00. The summed E-state index contributed by atoms with van der Waals surface area (Å²) in [4.78, 5) is 27.2. The Hall–Kier alpha value is -1.64. The van der Waals surface area contributed by atoms with Crippen LogP contribution in [-0.2, 0) is 6.42 Å². The van der Waals surface area contributed by atoms with Crippen molar-refractivity contribution in [3.63, 3.8) is 0 Å². The molecule has 0 fully saturated rings. The van der Waals surface area contributed by atoms with Crippen LogP contribution in [0.2, 0.25) is 0 Å². The van der Waals surface area contributed by atoms with Crippen molar-refractivity contribution in [2.75, 3.05) is 6.54 Å². The Balaban J connectivity index is 1.77. The van der Waals surface area contributed by atoms with Crippen LogP contribution in [0.4, 0.5) is 0 Å². The zero-order valence-corrected chi connectivity index (χ0v) is 19.5. The van der Waals surface area contributed by atoms with Gasteiger partial charge in [-0.15, -0.1) is 0 Å². The highest BCUT2D eigenvalue weighted by molar-refractivity contribution is 6.22. The van der Waals surface area contributed by atoms with Gasteiger partial charge in [0, 0.05) is 6.54 Å². The van der Waals surface area contributed by atoms with E-state index in [0.717, 1.165) is 31.2 Å². The smallest absolute Gasteiger partial charge is 0.261 e. The van der Waals surface area contributed by atoms with Gasteiger partial charge in [0.05, 0.1) is 11.1 Å². The number of benzene rings is 1. The molecule has 0 saturated carbocycles. The van der Waals surface area contributed by atoms with Gasteiger partial charge in [-0.1, -0.05) is 109 Å². The zero-order chi connectivity index (χ0) is 21.6. The minimum atomic E-state index is -0.0845. The van der Waals surface area contributed by atoms with Crippen LogP contribution in [-0.4, -0.2) is 23.3 Å². The van der Waals surface area contributed by atoms with E-state index in [4.69, 9.17) is 0 Å². The molecular weight excluding hydrogens is 370 g/mol. The molecule has 0 atom stereocenters. The van der Waals surface area contributed by atoms with Gasteiger partial charge in [0.1, 0.15) is 0 Å². The SMILES string of the molecule is CCCCCCCCCCc1cccc2c1C(=O)N(CCCCCCCCC)C2=O. The zero-order valence-electron chi connectivity index (χ0n) is 19.5. The first-order chi connectivity index (χ1) is 14.7. The Morgan fingerprint density at radius 1 is 0.633 bits per heavy atom. The molecule has 1 aliphatic rings. The Kier molecular flexibility index (Phi) is 11.8. The molecule has 1 aliphatic heterocycles. The second-order valence-electron chi connectivity index (χ2n) is 8.95. The largest absolute Gasteiger partial charge is 0.274 e. The maximum absolute atomic E-state index is 13.0. The molecule has 0 aromatic heterocycles. The fourth-order valence-electron chi connectivity index (χ4n) is 4.49. The standard InChI is InChI=1S/C27H43NO2/c1-3-5-7-9-11-12-14-16-19-23-20-18-21-24-25(23)27(30)28(26(24)29)22-17-15-13-10-8-6-4-2/h18,20-21H,3-17,19,22H2,1-2H3. The maximum atomic E-state index is 13.0. The van der Waals surface area contributed by atoms with Crippen LogP contribution in [0.1, 0.15) is 136 Å². The van der Waals surface area contributed by atoms with Crippen molar-refractivity contribution in [3.8, 4) is 0 Å². The third-order valence-electron chi connectivity index (χ3n) is 6.37. The highest BCUT2D eigenvalue weighted by atomic mass is 16.2. The van der Waals surface area contributed by atoms with E-state index >= 15 is 0 Å². The number of hydrogen-bond acceptors (Lipinski definition) is 2. The summed E-state index contributed by atoms with van der Waals surface area (Å²) in [5, 5.41) is 0. The average molecular weight is 414 g/mol. The van der Waals surface area contributed by atoms with E-state index in [1.54, 1.807) is 0 Å². The van der Waals surface area contributed by atoms with Gasteiger partial charge in [0.25, 0.3) is 11.8 Å². The van der Waals surface area contributed by atoms with E-state index in [1.165, 1.54) is 81.9 Å². The van der Waals surface area contributed by atoms with Crippen molar-refractivity contribution in [3.05, 3.63) is 34.9 Å². The molecule has 0 unspecified atom stereocenters. The summed E-state index contributed by atoms with van der Waals surface area (Å²) in [5.74, 6) is -0.144. The molecule has 0 N–H and O–H groups in total. The topological polar surface area (TPSA) is 37.4 Å². The Morgan fingerprint density at radius 2 is 1.17 bits per heavy atom. The Morgan fingerprint density at radius 3 is 1.77 bits per heavy atom. The predicted octanol–water partition coefficient (Wildman–Crippen LogP) is 7.72. The monoisotopic (exact) mass is 413 g/mol. The number of imide groups is 1. The van der Waals surface area contributed by atoms with Crippen LogP contribution in [0.3, 0.4) is 0 Å². The Labute approximate surface area is 184 Å². The maximum Gasteiger partial charge on any atom is 0.261 e. The van der Waals surface area contributed by atoms with E-state index in [-0.39, 0.29) is 11.8 Å². The molecule has 0 aliphatic carbocycles. The Bertz CT molecular complexity index is 652. The lowest BCUT2D eigenvalue weighted by Gasteiger charge is -2.13. The third kappa shape index (κ3) is 7.56. The number of aryl methyl sites for hydroxylation is 1. The third-order valence-corrected chi connectivity index (χ3v) is 6.37. The number of carbonyl (C=O) groups excluding carboxylic acids is 2. The number of unbranched alkanes of at least 4 members (excludes halogenated alkanes) is 13. The molecule has 168 valence electrons. The molecule has 3 heteroatoms. The minimum absolute atomic E-state index is 0.0591. The summed E-state index contributed by atoms with van der Waals surface area (Å²) < 4.78 is 0. The highest BCUT2D eigenvalue weighted by Gasteiger charge is 2.36. The molecule has 1 aromatic rings. The van der Waals surface area contributed by atoms with E-state index in [1.807, 2.05) is 18.2 Å². The highest BCUT2D eigenvalue weighted by Crippen LogP contribution is 2.28. The van der Waals surface area contributed by atoms with E-state index in [0.29, 0.717) is 17.7 Å². The van der Waals surface area contributed by atoms with Gasteiger partial charge in [0.2, 0.25) is 0 Å². The van der Waals surface area contributed by atoms with Crippen molar-refractivity contribution < 1.29 is 9.59 Å². The van der Waals surface area contributed by atoms with Gasteiger partial charge in [-0.2, -0.15) is 0 Å². The number of fused-ring (bicyclic) bond motifs is 1. The fraction of sp³-hybridized carbons (Fsp3) is 0.704. The quantitative estimate of drug-likeness (QED) is 0.194. The molecule has 30 heavy (non-hydrogen) atoms. The molecule has 0 radical (unpaired) electrons. The number of hydrogen-bond donors (Lipinski definition) is 0. The lowest BCUT2D eigenvalue weighted by Crippen LogP contribution is -2.30. The fourth-order valence-corrected chi connectivity index (χ4v) is 4.49. The first-order valence-electron chi connectivity index (χ1n) is 12.7. The summed E-state index contributed by atoms with van der Waals surface area (Å²) in [7, 11) is 0. The number of carbonyl (C=O) groups is 2. The molecule has 2 amide bonds. The molecule has 0 saturated heterocycles. The first kappa shape index (κ1) is 24.6. The van der Waals surface area contributed by atoms with Crippen LogP contribution >= 0.6 is 0 Å². The van der Waals surface area contributed by atoms with Crippen molar-refractivity contribution in [2.24, 2.45) is 0 Å². The minimum Gasteiger partial charge on any atom is -0.274 e. The summed E-state index contributed by atoms with van der Waals surface area (Å²) >= 11 is 0. The van der Waals surface area contributed by atoms with E-state index in [9.17, 15) is 9.59 Å². The number of nitrogens with zero attached hydrogens (tertiary/aromatic N) is 1. The second kappa shape index (κ2) is 14.4. The molecule has 3 nitrogen and oxygen atoms in total. The van der Waals surface area contributed by atoms with Crippen molar-refractivity contribution in [1.29, 1.82) is 0 Å². The lowest BCUT2D eigenvalue weighted by atomic mass is 9.97. The van der Waals surface area contributed by atoms with Crippen molar-refractivity contribution in [1.82, 2.24) is 4.90 Å². The van der Waals surface area contributed by atoms with Gasteiger partial charge in [-0.05, 0) is 30.9 Å². The van der Waals surface area contributed by atoms with Crippen LogP contribution < -0.4 is 0 Å². The first-order valence-corrected chi connectivity index (χ1v) is 12.7. The molecule has 1 aromatic carbocycles. The normalized spacial score (nSPS) is 13.3. The van der Waals surface area contributed by atoms with Crippen molar-refractivity contribution in [2.45, 2.75) is 117 Å². The molecule has 0 bridgehead atoms. The van der Waals surface area contributed by atoms with Gasteiger partial charge in [-0.25, -0.2) is 0 Å². The number of rotatable bonds is 17.